The summed E-state index contributed by atoms with van der Waals surface area (Å²) in [5.41, 5.74) is 3.12. The molecule has 16 heavy (non-hydrogen) atoms. The Morgan fingerprint density at radius 3 is 2.75 bits per heavy atom. The Balaban J connectivity index is 2.00. The van der Waals surface area contributed by atoms with E-state index in [0.717, 1.165) is 18.1 Å². The summed E-state index contributed by atoms with van der Waals surface area (Å²) >= 11 is 4.33. The first-order valence-corrected chi connectivity index (χ1v) is 6.59. The van der Waals surface area contributed by atoms with Crippen LogP contribution in [0, 0.1) is 5.41 Å². The number of benzene rings is 1. The summed E-state index contributed by atoms with van der Waals surface area (Å²) < 4.78 is 5.84. The summed E-state index contributed by atoms with van der Waals surface area (Å²) in [6.45, 7) is 5.08. The Bertz CT molecular complexity index is 371. The van der Waals surface area contributed by atoms with E-state index in [1.165, 1.54) is 30.4 Å². The van der Waals surface area contributed by atoms with E-state index >= 15 is 0 Å². The molecule has 0 radical (unpaired) electrons. The molecular weight excluding hydrogens is 216 g/mol. The third kappa shape index (κ3) is 2.73. The van der Waals surface area contributed by atoms with Gasteiger partial charge in [-0.15, -0.1) is 0 Å². The van der Waals surface area contributed by atoms with Crippen LogP contribution in [0.25, 0.3) is 0 Å². The average molecular weight is 236 g/mol. The van der Waals surface area contributed by atoms with Crippen molar-refractivity contribution >= 4 is 12.6 Å². The van der Waals surface area contributed by atoms with E-state index in [9.17, 15) is 0 Å². The zero-order chi connectivity index (χ0) is 11.6. The van der Waals surface area contributed by atoms with Crippen LogP contribution in [-0.4, -0.2) is 12.4 Å². The van der Waals surface area contributed by atoms with E-state index < -0.39 is 0 Å². The minimum atomic E-state index is 0.141. The van der Waals surface area contributed by atoms with Crippen LogP contribution in [0.15, 0.2) is 18.2 Å². The molecule has 0 unspecified atom stereocenters. The van der Waals surface area contributed by atoms with E-state index in [0.29, 0.717) is 0 Å². The molecule has 1 aliphatic rings. The van der Waals surface area contributed by atoms with Crippen molar-refractivity contribution in [1.29, 1.82) is 0 Å². The predicted molar refractivity (Wildman–Crippen MR) is 71.6 cm³/mol. The van der Waals surface area contributed by atoms with E-state index in [-0.39, 0.29) is 5.41 Å². The number of hydrogen-bond donors (Lipinski definition) is 1. The molecule has 0 bridgehead atoms. The topological polar surface area (TPSA) is 9.23 Å². The summed E-state index contributed by atoms with van der Waals surface area (Å²) in [4.78, 5) is 0. The van der Waals surface area contributed by atoms with E-state index in [4.69, 9.17) is 4.74 Å². The summed E-state index contributed by atoms with van der Waals surface area (Å²) in [6.07, 6.45) is 3.74. The van der Waals surface area contributed by atoms with Gasteiger partial charge in [0.2, 0.25) is 0 Å². The van der Waals surface area contributed by atoms with Crippen molar-refractivity contribution in [2.75, 3.05) is 12.4 Å². The van der Waals surface area contributed by atoms with Gasteiger partial charge in [-0.05, 0) is 48.3 Å². The molecule has 2 rings (SSSR count). The van der Waals surface area contributed by atoms with Gasteiger partial charge in [0.1, 0.15) is 5.75 Å². The molecule has 0 saturated carbocycles. The third-order valence-electron chi connectivity index (χ3n) is 3.13. The molecule has 0 aliphatic heterocycles. The van der Waals surface area contributed by atoms with Gasteiger partial charge in [-0.2, -0.15) is 12.6 Å². The van der Waals surface area contributed by atoms with Crippen molar-refractivity contribution in [3.8, 4) is 5.75 Å². The van der Waals surface area contributed by atoms with Crippen LogP contribution in [0.1, 0.15) is 31.4 Å². The lowest BCUT2D eigenvalue weighted by Crippen LogP contribution is -2.23. The van der Waals surface area contributed by atoms with Gasteiger partial charge in [0.05, 0.1) is 6.61 Å². The van der Waals surface area contributed by atoms with Gasteiger partial charge in [-0.1, -0.05) is 19.9 Å². The van der Waals surface area contributed by atoms with Crippen LogP contribution in [0.4, 0.5) is 0 Å². The molecule has 0 saturated heterocycles. The summed E-state index contributed by atoms with van der Waals surface area (Å²) in [6, 6.07) is 6.51. The maximum absolute atomic E-state index is 5.84. The Morgan fingerprint density at radius 1 is 1.25 bits per heavy atom. The second-order valence-electron chi connectivity index (χ2n) is 5.40. The normalized spacial score (nSPS) is 14.9. The fourth-order valence-electron chi connectivity index (χ4n) is 1.96. The first-order chi connectivity index (χ1) is 7.61. The minimum Gasteiger partial charge on any atom is -0.493 e. The summed E-state index contributed by atoms with van der Waals surface area (Å²) in [7, 11) is 0. The fraction of sp³-hybridized carbons (Fsp3) is 0.571. The quantitative estimate of drug-likeness (QED) is 0.787. The zero-order valence-electron chi connectivity index (χ0n) is 10.1. The number of rotatable bonds is 4. The van der Waals surface area contributed by atoms with Crippen LogP contribution >= 0.6 is 12.6 Å². The van der Waals surface area contributed by atoms with Gasteiger partial charge in [-0.3, -0.25) is 0 Å². The van der Waals surface area contributed by atoms with Crippen molar-refractivity contribution in [3.05, 3.63) is 29.3 Å². The van der Waals surface area contributed by atoms with Crippen LogP contribution in [-0.2, 0) is 12.8 Å². The maximum atomic E-state index is 5.84. The smallest absolute Gasteiger partial charge is 0.119 e. The van der Waals surface area contributed by atoms with E-state index in [1.54, 1.807) is 0 Å². The SMILES string of the molecule is CC(C)(CS)COc1ccc2c(c1)CCC2. The van der Waals surface area contributed by atoms with Gasteiger partial charge in [0.15, 0.2) is 0 Å². The molecule has 0 N–H and O–H groups in total. The van der Waals surface area contributed by atoms with Gasteiger partial charge in [0, 0.05) is 5.41 Å². The molecule has 0 aromatic heterocycles. The highest BCUT2D eigenvalue weighted by Crippen LogP contribution is 2.27. The van der Waals surface area contributed by atoms with Crippen LogP contribution in [0.5, 0.6) is 5.75 Å². The second-order valence-corrected chi connectivity index (χ2v) is 5.71. The van der Waals surface area contributed by atoms with Gasteiger partial charge in [0.25, 0.3) is 0 Å². The Hall–Kier alpha value is -0.630. The third-order valence-corrected chi connectivity index (χ3v) is 3.98. The largest absolute Gasteiger partial charge is 0.493 e. The summed E-state index contributed by atoms with van der Waals surface area (Å²) in [5.74, 6) is 1.85. The van der Waals surface area contributed by atoms with Gasteiger partial charge < -0.3 is 4.74 Å². The molecular formula is C14H20OS. The van der Waals surface area contributed by atoms with Crippen molar-refractivity contribution in [2.45, 2.75) is 33.1 Å². The van der Waals surface area contributed by atoms with E-state index in [1.807, 2.05) is 0 Å². The van der Waals surface area contributed by atoms with Gasteiger partial charge >= 0.3 is 0 Å². The minimum absolute atomic E-state index is 0.141. The summed E-state index contributed by atoms with van der Waals surface area (Å²) in [5, 5.41) is 0. The van der Waals surface area contributed by atoms with Crippen LogP contribution < -0.4 is 4.74 Å². The number of ether oxygens (including phenoxy) is 1. The lowest BCUT2D eigenvalue weighted by molar-refractivity contribution is 0.202. The molecule has 88 valence electrons. The first-order valence-electron chi connectivity index (χ1n) is 5.96. The first kappa shape index (κ1) is 11.8. The molecule has 1 aromatic carbocycles. The Kier molecular flexibility index (Phi) is 3.48. The standard InChI is InChI=1S/C14H20OS/c1-14(2,10-16)9-15-13-7-6-11-4-3-5-12(11)8-13/h6-8,16H,3-5,9-10H2,1-2H3. The predicted octanol–water partition coefficient (Wildman–Crippen LogP) is 3.51. The highest BCUT2D eigenvalue weighted by Gasteiger charge is 2.17. The molecule has 0 spiro atoms. The number of hydrogen-bond acceptors (Lipinski definition) is 2. The van der Waals surface area contributed by atoms with Crippen molar-refractivity contribution in [3.63, 3.8) is 0 Å². The van der Waals surface area contributed by atoms with Crippen molar-refractivity contribution < 1.29 is 4.74 Å². The molecule has 0 amide bonds. The second kappa shape index (κ2) is 4.70. The van der Waals surface area contributed by atoms with E-state index in [2.05, 4.69) is 44.7 Å². The molecule has 1 aliphatic carbocycles. The van der Waals surface area contributed by atoms with Crippen LogP contribution in [0.2, 0.25) is 0 Å². The van der Waals surface area contributed by atoms with Gasteiger partial charge in [-0.25, -0.2) is 0 Å². The molecule has 1 aromatic rings. The fourth-order valence-corrected chi connectivity index (χ4v) is 2.05. The molecule has 2 heteroatoms. The zero-order valence-corrected chi connectivity index (χ0v) is 11.0. The number of fused-ring (bicyclic) bond motifs is 1. The van der Waals surface area contributed by atoms with Crippen molar-refractivity contribution in [2.24, 2.45) is 5.41 Å². The molecule has 0 heterocycles. The number of aryl methyl sites for hydroxylation is 2. The lowest BCUT2D eigenvalue weighted by Gasteiger charge is -2.22. The molecule has 1 nitrogen and oxygen atoms in total. The lowest BCUT2D eigenvalue weighted by atomic mass is 9.98. The highest BCUT2D eigenvalue weighted by molar-refractivity contribution is 7.80. The highest BCUT2D eigenvalue weighted by atomic mass is 32.1. The van der Waals surface area contributed by atoms with Crippen molar-refractivity contribution in [1.82, 2.24) is 0 Å². The Morgan fingerprint density at radius 2 is 2.00 bits per heavy atom. The number of thiol groups is 1. The molecule has 0 fully saturated rings. The monoisotopic (exact) mass is 236 g/mol. The van der Waals surface area contributed by atoms with Crippen LogP contribution in [0.3, 0.4) is 0 Å². The maximum Gasteiger partial charge on any atom is 0.119 e. The Labute approximate surface area is 104 Å². The molecule has 0 atom stereocenters. The average Bonchev–Trinajstić information content (AvgIpc) is 2.73.